The average molecular weight is 448 g/mol. The van der Waals surface area contributed by atoms with Crippen molar-refractivity contribution in [3.05, 3.63) is 62.4 Å². The molecule has 3 rings (SSSR count). The van der Waals surface area contributed by atoms with Gasteiger partial charge in [0, 0.05) is 5.02 Å². The Balaban J connectivity index is 1.77. The van der Waals surface area contributed by atoms with Crippen LogP contribution in [-0.4, -0.2) is 17.7 Å². The fraction of sp³-hybridized carbons (Fsp3) is 0.0526. The van der Waals surface area contributed by atoms with Gasteiger partial charge in [0.25, 0.3) is 5.91 Å². The maximum atomic E-state index is 12.2. The highest BCUT2D eigenvalue weighted by Crippen LogP contribution is 2.31. The number of hydrogen-bond donors (Lipinski definition) is 1. The largest absolute Gasteiger partial charge is 0.480 e. The molecule has 0 atom stereocenters. The van der Waals surface area contributed by atoms with E-state index in [4.69, 9.17) is 22.8 Å². The number of terminal acetylenes is 1. The van der Waals surface area contributed by atoms with Crippen molar-refractivity contribution < 1.29 is 9.53 Å². The molecule has 0 aliphatic carbocycles. The van der Waals surface area contributed by atoms with Gasteiger partial charge in [-0.1, -0.05) is 23.6 Å². The van der Waals surface area contributed by atoms with Crippen LogP contribution in [0.1, 0.15) is 5.56 Å². The third-order valence-electron chi connectivity index (χ3n) is 3.27. The highest BCUT2D eigenvalue weighted by atomic mass is 79.9. The summed E-state index contributed by atoms with van der Waals surface area (Å²) in [5, 5.41) is 3.92. The van der Waals surface area contributed by atoms with Crippen LogP contribution >= 0.6 is 39.3 Å². The van der Waals surface area contributed by atoms with Crippen molar-refractivity contribution in [3.8, 4) is 18.1 Å². The standard InChI is InChI=1S/C19H12BrClN2O2S/c1-2-9-25-16-8-3-12(10-15(16)20)11-17-18(24)23-19(26-17)22-14-6-4-13(21)5-7-14/h1,3-8,10-11H,9H2,(H,22,23,24). The molecular weight excluding hydrogens is 436 g/mol. The number of ether oxygens (including phenoxy) is 1. The van der Waals surface area contributed by atoms with Crippen molar-refractivity contribution in [1.82, 2.24) is 5.32 Å². The summed E-state index contributed by atoms with van der Waals surface area (Å²) in [4.78, 5) is 17.1. The van der Waals surface area contributed by atoms with E-state index in [1.807, 2.05) is 12.1 Å². The molecule has 1 fully saturated rings. The van der Waals surface area contributed by atoms with Crippen molar-refractivity contribution in [3.63, 3.8) is 0 Å². The normalized spacial score (nSPS) is 16.6. The SMILES string of the molecule is C#CCOc1ccc(C=C2SC(=Nc3ccc(Cl)cc3)NC2=O)cc1Br. The number of benzene rings is 2. The van der Waals surface area contributed by atoms with E-state index in [1.54, 1.807) is 36.4 Å². The zero-order chi connectivity index (χ0) is 18.5. The lowest BCUT2D eigenvalue weighted by Crippen LogP contribution is -2.19. The number of hydrogen-bond acceptors (Lipinski definition) is 4. The number of thioether (sulfide) groups is 1. The molecule has 1 amide bonds. The Morgan fingerprint density at radius 2 is 2.08 bits per heavy atom. The van der Waals surface area contributed by atoms with Crippen LogP contribution in [0.5, 0.6) is 5.75 Å². The highest BCUT2D eigenvalue weighted by molar-refractivity contribution is 9.10. The Kier molecular flexibility index (Phi) is 6.04. The van der Waals surface area contributed by atoms with Crippen LogP contribution in [0.25, 0.3) is 6.08 Å². The minimum Gasteiger partial charge on any atom is -0.480 e. The summed E-state index contributed by atoms with van der Waals surface area (Å²) >= 11 is 10.6. The molecule has 0 aromatic heterocycles. The van der Waals surface area contributed by atoms with Crippen LogP contribution in [0.15, 0.2) is 56.8 Å². The highest BCUT2D eigenvalue weighted by Gasteiger charge is 2.23. The number of nitrogens with zero attached hydrogens (tertiary/aromatic N) is 1. The second-order valence-corrected chi connectivity index (χ2v) is 7.46. The van der Waals surface area contributed by atoms with Gasteiger partial charge in [-0.15, -0.1) is 6.42 Å². The molecule has 1 saturated heterocycles. The van der Waals surface area contributed by atoms with Gasteiger partial charge in [-0.05, 0) is 75.7 Å². The minimum absolute atomic E-state index is 0.188. The summed E-state index contributed by atoms with van der Waals surface area (Å²) in [5.74, 6) is 2.88. The van der Waals surface area contributed by atoms with Crippen LogP contribution in [0, 0.1) is 12.3 Å². The van der Waals surface area contributed by atoms with E-state index >= 15 is 0 Å². The van der Waals surface area contributed by atoms with E-state index in [1.165, 1.54) is 11.8 Å². The maximum Gasteiger partial charge on any atom is 0.264 e. The summed E-state index contributed by atoms with van der Waals surface area (Å²) in [7, 11) is 0. The molecule has 0 unspecified atom stereocenters. The van der Waals surface area contributed by atoms with Gasteiger partial charge in [0.1, 0.15) is 12.4 Å². The Bertz CT molecular complexity index is 949. The lowest BCUT2D eigenvalue weighted by atomic mass is 10.2. The van der Waals surface area contributed by atoms with E-state index in [9.17, 15) is 4.79 Å². The second kappa shape index (κ2) is 8.45. The molecule has 130 valence electrons. The second-order valence-electron chi connectivity index (χ2n) is 5.14. The van der Waals surface area contributed by atoms with Gasteiger partial charge in [-0.3, -0.25) is 4.79 Å². The average Bonchev–Trinajstić information content (AvgIpc) is 2.95. The first kappa shape index (κ1) is 18.6. The topological polar surface area (TPSA) is 50.7 Å². The van der Waals surface area contributed by atoms with Gasteiger partial charge in [0.15, 0.2) is 5.17 Å². The summed E-state index contributed by atoms with van der Waals surface area (Å²) in [6.07, 6.45) is 6.98. The third kappa shape index (κ3) is 4.70. The van der Waals surface area contributed by atoms with Crippen LogP contribution in [-0.2, 0) is 4.79 Å². The number of amides is 1. The minimum atomic E-state index is -0.188. The molecule has 0 radical (unpaired) electrons. The number of carbonyl (C=O) groups is 1. The van der Waals surface area contributed by atoms with Gasteiger partial charge >= 0.3 is 0 Å². The molecular formula is C19H12BrClN2O2S. The summed E-state index contributed by atoms with van der Waals surface area (Å²) in [6.45, 7) is 0.196. The fourth-order valence-electron chi connectivity index (χ4n) is 2.11. The number of halogens is 2. The van der Waals surface area contributed by atoms with Crippen LogP contribution in [0.4, 0.5) is 5.69 Å². The van der Waals surface area contributed by atoms with Crippen molar-refractivity contribution in [1.29, 1.82) is 0 Å². The van der Waals surface area contributed by atoms with E-state index in [0.29, 0.717) is 20.8 Å². The first-order valence-electron chi connectivity index (χ1n) is 7.46. The zero-order valence-corrected chi connectivity index (χ0v) is 16.5. The Hall–Kier alpha value is -2.20. The Morgan fingerprint density at radius 1 is 1.31 bits per heavy atom. The third-order valence-corrected chi connectivity index (χ3v) is 5.05. The molecule has 0 spiro atoms. The van der Waals surface area contributed by atoms with Crippen molar-refractivity contribution in [2.24, 2.45) is 4.99 Å². The zero-order valence-electron chi connectivity index (χ0n) is 13.3. The number of aliphatic imine (C=N–C) groups is 1. The Morgan fingerprint density at radius 3 is 2.77 bits per heavy atom. The van der Waals surface area contributed by atoms with E-state index in [0.717, 1.165) is 15.7 Å². The monoisotopic (exact) mass is 446 g/mol. The molecule has 1 aliphatic heterocycles. The number of amidine groups is 1. The first-order chi connectivity index (χ1) is 12.5. The van der Waals surface area contributed by atoms with E-state index < -0.39 is 0 Å². The summed E-state index contributed by atoms with van der Waals surface area (Å²) < 4.78 is 6.17. The lowest BCUT2D eigenvalue weighted by Gasteiger charge is -2.05. The van der Waals surface area contributed by atoms with Gasteiger partial charge in [0.05, 0.1) is 15.1 Å². The molecule has 26 heavy (non-hydrogen) atoms. The molecule has 2 aromatic carbocycles. The molecule has 1 heterocycles. The number of rotatable bonds is 4. The van der Waals surface area contributed by atoms with Gasteiger partial charge in [-0.2, -0.15) is 0 Å². The molecule has 0 saturated carbocycles. The molecule has 0 bridgehead atoms. The Labute approximate surface area is 168 Å². The summed E-state index contributed by atoms with van der Waals surface area (Å²) in [5.41, 5.74) is 1.58. The predicted molar refractivity (Wildman–Crippen MR) is 111 cm³/mol. The van der Waals surface area contributed by atoms with Crippen LogP contribution in [0.3, 0.4) is 0 Å². The predicted octanol–water partition coefficient (Wildman–Crippen LogP) is 5.01. The quantitative estimate of drug-likeness (QED) is 0.530. The fourth-order valence-corrected chi connectivity index (χ4v) is 3.59. The number of nitrogens with one attached hydrogen (secondary N) is 1. The molecule has 1 aliphatic rings. The van der Waals surface area contributed by atoms with Crippen molar-refractivity contribution in [2.45, 2.75) is 0 Å². The first-order valence-corrected chi connectivity index (χ1v) is 9.45. The molecule has 7 heteroatoms. The van der Waals surface area contributed by atoms with Crippen LogP contribution in [0.2, 0.25) is 5.02 Å². The van der Waals surface area contributed by atoms with Crippen LogP contribution < -0.4 is 10.1 Å². The lowest BCUT2D eigenvalue weighted by molar-refractivity contribution is -0.115. The van der Waals surface area contributed by atoms with E-state index in [-0.39, 0.29) is 12.5 Å². The van der Waals surface area contributed by atoms with Crippen molar-refractivity contribution in [2.75, 3.05) is 6.61 Å². The van der Waals surface area contributed by atoms with E-state index in [2.05, 4.69) is 32.2 Å². The molecule has 2 aromatic rings. The van der Waals surface area contributed by atoms with Gasteiger partial charge < -0.3 is 10.1 Å². The van der Waals surface area contributed by atoms with Gasteiger partial charge in [-0.25, -0.2) is 4.99 Å². The smallest absolute Gasteiger partial charge is 0.264 e. The molecule has 1 N–H and O–H groups in total. The van der Waals surface area contributed by atoms with Gasteiger partial charge in [0.2, 0.25) is 0 Å². The number of carbonyl (C=O) groups excluding carboxylic acids is 1. The molecule has 4 nitrogen and oxygen atoms in total. The maximum absolute atomic E-state index is 12.2. The van der Waals surface area contributed by atoms with Crippen molar-refractivity contribution >= 4 is 62.1 Å². The summed E-state index contributed by atoms with van der Waals surface area (Å²) in [6, 6.07) is 12.6.